The summed E-state index contributed by atoms with van der Waals surface area (Å²) in [6, 6.07) is -0.597. The maximum atomic E-state index is 11.5. The number of hydrogen-bond donors (Lipinski definition) is 3. The number of carbonyl (C=O) groups excluding carboxylic acids is 2. The molecule has 0 unspecified atom stereocenters. The third-order valence-corrected chi connectivity index (χ3v) is 3.19. The topological polar surface area (TPSA) is 97.1 Å². The number of rotatable bonds is 5. The molecule has 0 saturated carbocycles. The van der Waals surface area contributed by atoms with Gasteiger partial charge in [-0.15, -0.1) is 11.3 Å². The summed E-state index contributed by atoms with van der Waals surface area (Å²) >= 11 is 1.34. The van der Waals surface area contributed by atoms with E-state index in [0.29, 0.717) is 5.13 Å². The first kappa shape index (κ1) is 14.6. The fraction of sp³-hybridized carbons (Fsp3) is 0.545. The molecule has 0 saturated heterocycles. The Balaban J connectivity index is 2.35. The van der Waals surface area contributed by atoms with Gasteiger partial charge in [-0.25, -0.2) is 4.98 Å². The molecule has 2 amide bonds. The summed E-state index contributed by atoms with van der Waals surface area (Å²) in [6.07, 6.45) is 0. The van der Waals surface area contributed by atoms with Gasteiger partial charge in [0.15, 0.2) is 5.13 Å². The molecule has 0 aliphatic heterocycles. The first-order valence-corrected chi connectivity index (χ1v) is 6.53. The zero-order valence-corrected chi connectivity index (χ0v) is 11.5. The molecule has 1 atom stereocenters. The van der Waals surface area contributed by atoms with Crippen LogP contribution in [0.25, 0.3) is 0 Å². The number of carbonyl (C=O) groups is 2. The van der Waals surface area contributed by atoms with Crippen LogP contribution in [0.15, 0.2) is 5.38 Å². The van der Waals surface area contributed by atoms with E-state index in [4.69, 9.17) is 5.73 Å². The lowest BCUT2D eigenvalue weighted by Crippen LogP contribution is -2.46. The van der Waals surface area contributed by atoms with Gasteiger partial charge in [-0.3, -0.25) is 9.59 Å². The molecule has 6 nitrogen and oxygen atoms in total. The monoisotopic (exact) mass is 270 g/mol. The highest BCUT2D eigenvalue weighted by Crippen LogP contribution is 2.13. The third-order valence-electron chi connectivity index (χ3n) is 2.31. The largest absolute Gasteiger partial charge is 0.346 e. The quantitative estimate of drug-likeness (QED) is 0.725. The standard InChI is InChI=1S/C11H18N4O2S/c1-6(2)9(12)10(17)13-4-8(16)15-11-14-7(3)5-18-11/h5-6,9H,4,12H2,1-3H3,(H,13,17)(H,14,15,16)/t9-/m0/s1. The third kappa shape index (κ3) is 4.42. The van der Waals surface area contributed by atoms with Crippen molar-refractivity contribution in [3.05, 3.63) is 11.1 Å². The van der Waals surface area contributed by atoms with Crippen LogP contribution in [-0.2, 0) is 9.59 Å². The number of amides is 2. The van der Waals surface area contributed by atoms with Crippen molar-refractivity contribution in [1.82, 2.24) is 10.3 Å². The van der Waals surface area contributed by atoms with Crippen molar-refractivity contribution in [3.8, 4) is 0 Å². The van der Waals surface area contributed by atoms with Gasteiger partial charge >= 0.3 is 0 Å². The maximum absolute atomic E-state index is 11.5. The smallest absolute Gasteiger partial charge is 0.245 e. The summed E-state index contributed by atoms with van der Waals surface area (Å²) in [7, 11) is 0. The Hall–Kier alpha value is -1.47. The van der Waals surface area contributed by atoms with Gasteiger partial charge in [0.2, 0.25) is 11.8 Å². The van der Waals surface area contributed by atoms with Crippen LogP contribution in [0.5, 0.6) is 0 Å². The van der Waals surface area contributed by atoms with Crippen LogP contribution in [0.1, 0.15) is 19.5 Å². The molecular formula is C11H18N4O2S. The Morgan fingerprint density at radius 1 is 1.50 bits per heavy atom. The molecule has 1 heterocycles. The molecule has 18 heavy (non-hydrogen) atoms. The highest BCUT2D eigenvalue weighted by molar-refractivity contribution is 7.13. The van der Waals surface area contributed by atoms with E-state index in [2.05, 4.69) is 15.6 Å². The Labute approximate surface area is 110 Å². The summed E-state index contributed by atoms with van der Waals surface area (Å²) in [5.41, 5.74) is 6.50. The summed E-state index contributed by atoms with van der Waals surface area (Å²) in [5.74, 6) is -0.598. The summed E-state index contributed by atoms with van der Waals surface area (Å²) in [6.45, 7) is 5.44. The van der Waals surface area contributed by atoms with E-state index in [1.54, 1.807) is 0 Å². The van der Waals surface area contributed by atoms with E-state index < -0.39 is 6.04 Å². The van der Waals surface area contributed by atoms with Crippen LogP contribution in [0.4, 0.5) is 5.13 Å². The fourth-order valence-corrected chi connectivity index (χ4v) is 1.87. The summed E-state index contributed by atoms with van der Waals surface area (Å²) in [5, 5.41) is 7.45. The molecule has 0 aliphatic rings. The highest BCUT2D eigenvalue weighted by Gasteiger charge is 2.17. The lowest BCUT2D eigenvalue weighted by Gasteiger charge is -2.14. The van der Waals surface area contributed by atoms with Crippen molar-refractivity contribution >= 4 is 28.3 Å². The van der Waals surface area contributed by atoms with Crippen LogP contribution in [0.2, 0.25) is 0 Å². The fourth-order valence-electron chi connectivity index (χ4n) is 1.16. The Bertz CT molecular complexity index is 430. The van der Waals surface area contributed by atoms with Crippen molar-refractivity contribution in [2.45, 2.75) is 26.8 Å². The molecule has 0 aliphatic carbocycles. The second kappa shape index (κ2) is 6.46. The minimum Gasteiger partial charge on any atom is -0.346 e. The van der Waals surface area contributed by atoms with Crippen LogP contribution in [0, 0.1) is 12.8 Å². The number of anilines is 1. The van der Waals surface area contributed by atoms with E-state index in [1.807, 2.05) is 26.2 Å². The predicted molar refractivity (Wildman–Crippen MR) is 71.3 cm³/mol. The minimum absolute atomic E-state index is 0.0367. The van der Waals surface area contributed by atoms with E-state index in [1.165, 1.54) is 11.3 Å². The van der Waals surface area contributed by atoms with Gasteiger partial charge < -0.3 is 16.4 Å². The van der Waals surface area contributed by atoms with Gasteiger partial charge in [-0.1, -0.05) is 13.8 Å². The number of hydrogen-bond acceptors (Lipinski definition) is 5. The molecule has 0 spiro atoms. The molecule has 1 aromatic rings. The van der Waals surface area contributed by atoms with Crippen LogP contribution < -0.4 is 16.4 Å². The number of aryl methyl sites for hydroxylation is 1. The second-order valence-electron chi connectivity index (χ2n) is 4.33. The normalized spacial score (nSPS) is 12.3. The lowest BCUT2D eigenvalue weighted by molar-refractivity contribution is -0.125. The van der Waals surface area contributed by atoms with Crippen LogP contribution in [-0.4, -0.2) is 29.4 Å². The maximum Gasteiger partial charge on any atom is 0.245 e. The molecule has 100 valence electrons. The van der Waals surface area contributed by atoms with Gasteiger partial charge in [0.25, 0.3) is 0 Å². The van der Waals surface area contributed by atoms with E-state index in [9.17, 15) is 9.59 Å². The SMILES string of the molecule is Cc1csc(NC(=O)CNC(=O)[C@@H](N)C(C)C)n1. The molecule has 7 heteroatoms. The molecule has 4 N–H and O–H groups in total. The molecule has 0 aromatic carbocycles. The number of nitrogens with two attached hydrogens (primary N) is 1. The number of aromatic nitrogens is 1. The highest BCUT2D eigenvalue weighted by atomic mass is 32.1. The first-order chi connectivity index (χ1) is 8.40. The van der Waals surface area contributed by atoms with Gasteiger partial charge in [0, 0.05) is 5.38 Å². The average Bonchev–Trinajstić information content (AvgIpc) is 2.70. The Morgan fingerprint density at radius 3 is 2.67 bits per heavy atom. The van der Waals surface area contributed by atoms with Crippen molar-refractivity contribution < 1.29 is 9.59 Å². The van der Waals surface area contributed by atoms with Crippen molar-refractivity contribution in [1.29, 1.82) is 0 Å². The lowest BCUT2D eigenvalue weighted by atomic mass is 10.1. The molecule has 1 aromatic heterocycles. The van der Waals surface area contributed by atoms with E-state index in [0.717, 1.165) is 5.69 Å². The zero-order valence-electron chi connectivity index (χ0n) is 10.7. The Kier molecular flexibility index (Phi) is 5.24. The molecular weight excluding hydrogens is 252 g/mol. The number of thiazole rings is 1. The molecule has 0 radical (unpaired) electrons. The van der Waals surface area contributed by atoms with Gasteiger partial charge in [0.05, 0.1) is 18.3 Å². The summed E-state index contributed by atoms with van der Waals surface area (Å²) < 4.78 is 0. The minimum atomic E-state index is -0.597. The van der Waals surface area contributed by atoms with Crippen molar-refractivity contribution in [2.24, 2.45) is 11.7 Å². The van der Waals surface area contributed by atoms with Gasteiger partial charge in [-0.2, -0.15) is 0 Å². The average molecular weight is 270 g/mol. The predicted octanol–water partition coefficient (Wildman–Crippen LogP) is 0.490. The van der Waals surface area contributed by atoms with E-state index >= 15 is 0 Å². The van der Waals surface area contributed by atoms with Gasteiger partial charge in [0.1, 0.15) is 0 Å². The molecule has 0 bridgehead atoms. The molecule has 1 rings (SSSR count). The summed E-state index contributed by atoms with van der Waals surface area (Å²) in [4.78, 5) is 27.1. The number of nitrogens with zero attached hydrogens (tertiary/aromatic N) is 1. The number of nitrogens with one attached hydrogen (secondary N) is 2. The van der Waals surface area contributed by atoms with E-state index in [-0.39, 0.29) is 24.3 Å². The molecule has 0 fully saturated rings. The zero-order chi connectivity index (χ0) is 13.7. The van der Waals surface area contributed by atoms with Crippen molar-refractivity contribution in [3.63, 3.8) is 0 Å². The Morgan fingerprint density at radius 2 is 2.17 bits per heavy atom. The van der Waals surface area contributed by atoms with Crippen LogP contribution >= 0.6 is 11.3 Å². The first-order valence-electron chi connectivity index (χ1n) is 5.65. The van der Waals surface area contributed by atoms with Gasteiger partial charge in [-0.05, 0) is 12.8 Å². The van der Waals surface area contributed by atoms with Crippen molar-refractivity contribution in [2.75, 3.05) is 11.9 Å². The second-order valence-corrected chi connectivity index (χ2v) is 5.19. The van der Waals surface area contributed by atoms with Crippen LogP contribution in [0.3, 0.4) is 0 Å².